The Hall–Kier alpha value is -5.43. The number of thiazole rings is 1. The van der Waals surface area contributed by atoms with Crippen molar-refractivity contribution in [2.75, 3.05) is 51.2 Å². The molecule has 3 fully saturated rings. The fraction of sp³-hybridized carbons (Fsp3) is 0.491. The highest BCUT2D eigenvalue weighted by molar-refractivity contribution is 7.22. The third-order valence-electron chi connectivity index (χ3n) is 13.1. The number of hydrazone groups is 1. The number of rotatable bonds is 24. The van der Waals surface area contributed by atoms with Crippen molar-refractivity contribution in [1.29, 1.82) is 0 Å². The van der Waals surface area contributed by atoms with Crippen LogP contribution in [0.4, 0.5) is 31.5 Å². The van der Waals surface area contributed by atoms with Gasteiger partial charge in [-0.2, -0.15) is 31.4 Å². The molecular formula is C53H59F6N3O8S. The maximum atomic E-state index is 13.3. The Balaban J connectivity index is 0.875. The van der Waals surface area contributed by atoms with Gasteiger partial charge in [-0.1, -0.05) is 48.2 Å². The Labute approximate surface area is 413 Å². The molecule has 1 saturated heterocycles. The third-order valence-corrected chi connectivity index (χ3v) is 14.2. The summed E-state index contributed by atoms with van der Waals surface area (Å²) in [4.78, 5) is 16.3. The Bertz CT molecular complexity index is 2540. The first kappa shape index (κ1) is 51.9. The highest BCUT2D eigenvalue weighted by atomic mass is 32.1. The van der Waals surface area contributed by atoms with Crippen molar-refractivity contribution < 1.29 is 64.3 Å². The number of hydrogen-bond donors (Lipinski definition) is 0. The van der Waals surface area contributed by atoms with Crippen molar-refractivity contribution in [3.8, 4) is 17.2 Å². The number of esters is 1. The Kier molecular flexibility index (Phi) is 17.8. The second-order valence-corrected chi connectivity index (χ2v) is 19.3. The van der Waals surface area contributed by atoms with Gasteiger partial charge in [0.2, 0.25) is 5.13 Å². The first-order valence-electron chi connectivity index (χ1n) is 24.3. The molecule has 4 aromatic carbocycles. The number of anilines is 1. The minimum absolute atomic E-state index is 0.000851. The average molecular weight is 1010 g/mol. The van der Waals surface area contributed by atoms with E-state index in [1.807, 2.05) is 72.8 Å². The topological polar surface area (TPSA) is 113 Å². The number of carbonyl (C=O) groups excluding carboxylic acids is 1. The van der Waals surface area contributed by atoms with Crippen LogP contribution in [0.1, 0.15) is 81.8 Å². The number of epoxide rings is 1. The third kappa shape index (κ3) is 15.8. The van der Waals surface area contributed by atoms with Gasteiger partial charge in [-0.05, 0) is 140 Å². The zero-order chi connectivity index (χ0) is 49.8. The standard InChI is InChI=1S/C53H59F6N3O8S/c1-35(53(57,58)59)50(63)67-27-26-65-43-17-14-39(15-18-43)38-11-8-36(9-12-38)32-68-45-20-21-47(69-33-37-10-13-41-29-44(19-16-40(41)28-37)64-24-5-25-66-49-34-70-49)42(30-45)31-60-62(23-4-22-52(54,55)56)51-61-46-6-2-3-7-48(46)71-51/h2-3,6-7,10,13,16,19-21,28-31,36,38-39,43,49H,1,4-5,8-9,11-12,14-15,17-18,22-27,32-34H2/b60-31+. The predicted molar refractivity (Wildman–Crippen MR) is 259 cm³/mol. The zero-order valence-corrected chi connectivity index (χ0v) is 40.2. The number of fused-ring (bicyclic) bond motifs is 2. The number of carbonyl (C=O) groups is 1. The minimum atomic E-state index is -4.82. The van der Waals surface area contributed by atoms with Crippen LogP contribution in [0, 0.1) is 17.8 Å². The number of halogens is 6. The van der Waals surface area contributed by atoms with Crippen LogP contribution in [0.3, 0.4) is 0 Å². The SMILES string of the molecule is C=C(C(=O)OCCOC1CCC(C2CCC(COc3ccc(OCc4ccc5cc(OCCCOC6CO6)ccc5c4)c(/C=N/N(CCCC(F)(F)F)c4nc5ccccc5s4)c3)CC2)CC1)C(F)(F)F. The Morgan fingerprint density at radius 1 is 0.789 bits per heavy atom. The summed E-state index contributed by atoms with van der Waals surface area (Å²) in [6.07, 6.45) is -0.0652. The van der Waals surface area contributed by atoms with Crippen molar-refractivity contribution >= 4 is 49.6 Å². The summed E-state index contributed by atoms with van der Waals surface area (Å²) in [7, 11) is 0. The van der Waals surface area contributed by atoms with E-state index in [9.17, 15) is 31.1 Å². The molecule has 2 saturated carbocycles. The second kappa shape index (κ2) is 24.3. The van der Waals surface area contributed by atoms with Gasteiger partial charge in [0.25, 0.3) is 0 Å². The first-order chi connectivity index (χ1) is 34.2. The quantitative estimate of drug-likeness (QED) is 0.0113. The molecule has 8 rings (SSSR count). The number of benzene rings is 4. The van der Waals surface area contributed by atoms with Gasteiger partial charge in [-0.3, -0.25) is 0 Å². The summed E-state index contributed by atoms with van der Waals surface area (Å²) >= 11 is 1.36. The van der Waals surface area contributed by atoms with Crippen LogP contribution in [-0.4, -0.2) is 88.1 Å². The molecule has 0 N–H and O–H groups in total. The molecule has 1 atom stereocenters. The Morgan fingerprint density at radius 3 is 2.25 bits per heavy atom. The summed E-state index contributed by atoms with van der Waals surface area (Å²) in [5.41, 5.74) is 0.738. The van der Waals surface area contributed by atoms with E-state index >= 15 is 0 Å². The number of aromatic nitrogens is 1. The van der Waals surface area contributed by atoms with Gasteiger partial charge >= 0.3 is 18.3 Å². The zero-order valence-electron chi connectivity index (χ0n) is 39.4. The van der Waals surface area contributed by atoms with Crippen LogP contribution in [0.15, 0.2) is 96.1 Å². The van der Waals surface area contributed by atoms with Gasteiger partial charge in [0.15, 0.2) is 6.29 Å². The van der Waals surface area contributed by atoms with E-state index in [0.29, 0.717) is 66.4 Å². The summed E-state index contributed by atoms with van der Waals surface area (Å²) in [5, 5.41) is 8.79. The molecule has 11 nitrogen and oxygen atoms in total. The van der Waals surface area contributed by atoms with Crippen LogP contribution in [0.25, 0.3) is 21.0 Å². The maximum Gasteiger partial charge on any atom is 0.422 e. The highest BCUT2D eigenvalue weighted by Crippen LogP contribution is 2.41. The lowest BCUT2D eigenvalue weighted by Gasteiger charge is -2.37. The molecule has 0 spiro atoms. The minimum Gasteiger partial charge on any atom is -0.493 e. The molecule has 3 aliphatic rings. The van der Waals surface area contributed by atoms with Crippen molar-refractivity contribution in [3.05, 3.63) is 102 Å². The molecule has 0 radical (unpaired) electrons. The summed E-state index contributed by atoms with van der Waals surface area (Å²) in [6.45, 7) is 5.07. The second-order valence-electron chi connectivity index (χ2n) is 18.3. The fourth-order valence-corrected chi connectivity index (χ4v) is 10.1. The van der Waals surface area contributed by atoms with E-state index in [1.165, 1.54) is 16.3 Å². The average Bonchev–Trinajstić information content (AvgIpc) is 4.09. The van der Waals surface area contributed by atoms with Crippen LogP contribution >= 0.6 is 11.3 Å². The van der Waals surface area contributed by atoms with Crippen LogP contribution in [0.5, 0.6) is 17.2 Å². The molecule has 1 aromatic heterocycles. The van der Waals surface area contributed by atoms with Crippen LogP contribution in [0.2, 0.25) is 0 Å². The molecule has 2 aliphatic carbocycles. The lowest BCUT2D eigenvalue weighted by molar-refractivity contribution is -0.152. The fourth-order valence-electron chi connectivity index (χ4n) is 9.12. The first-order valence-corrected chi connectivity index (χ1v) is 25.1. The normalized spacial score (nSPS) is 20.6. The molecule has 382 valence electrons. The van der Waals surface area contributed by atoms with Crippen LogP contribution < -0.4 is 19.2 Å². The number of hydrogen-bond acceptors (Lipinski definition) is 12. The van der Waals surface area contributed by atoms with E-state index in [1.54, 1.807) is 6.21 Å². The maximum absolute atomic E-state index is 13.3. The molecule has 18 heteroatoms. The van der Waals surface area contributed by atoms with Gasteiger partial charge < -0.3 is 33.2 Å². The van der Waals surface area contributed by atoms with Gasteiger partial charge in [-0.25, -0.2) is 14.8 Å². The molecule has 71 heavy (non-hydrogen) atoms. The lowest BCUT2D eigenvalue weighted by Crippen LogP contribution is -2.30. The molecule has 5 aromatic rings. The summed E-state index contributed by atoms with van der Waals surface area (Å²) in [6, 6.07) is 25.1. The largest absolute Gasteiger partial charge is 0.493 e. The number of ether oxygens (including phenoxy) is 7. The molecule has 1 aliphatic heterocycles. The molecule has 0 bridgehead atoms. The predicted octanol–water partition coefficient (Wildman–Crippen LogP) is 12.8. The van der Waals surface area contributed by atoms with Gasteiger partial charge in [0.05, 0.1) is 49.0 Å². The number of para-hydroxylation sites is 1. The van der Waals surface area contributed by atoms with Crippen molar-refractivity contribution in [1.82, 2.24) is 4.98 Å². The smallest absolute Gasteiger partial charge is 0.422 e. The summed E-state index contributed by atoms with van der Waals surface area (Å²) < 4.78 is 119. The van der Waals surface area contributed by atoms with Crippen molar-refractivity contribution in [2.45, 2.75) is 102 Å². The van der Waals surface area contributed by atoms with E-state index < -0.39 is 30.3 Å². The van der Waals surface area contributed by atoms with E-state index in [2.05, 4.69) is 17.4 Å². The van der Waals surface area contributed by atoms with E-state index in [-0.39, 0.29) is 45.2 Å². The molecule has 0 amide bonds. The van der Waals surface area contributed by atoms with Crippen molar-refractivity contribution in [2.24, 2.45) is 22.9 Å². The monoisotopic (exact) mass is 1010 g/mol. The van der Waals surface area contributed by atoms with Crippen LogP contribution in [-0.2, 0) is 30.3 Å². The highest BCUT2D eigenvalue weighted by Gasteiger charge is 2.38. The number of nitrogens with zero attached hydrogens (tertiary/aromatic N) is 3. The van der Waals surface area contributed by atoms with E-state index in [4.69, 9.17) is 38.5 Å². The number of alkyl halides is 6. The Morgan fingerprint density at radius 2 is 1.51 bits per heavy atom. The lowest BCUT2D eigenvalue weighted by atomic mass is 9.71. The van der Waals surface area contributed by atoms with Gasteiger partial charge in [-0.15, -0.1) is 0 Å². The molecule has 1 unspecified atom stereocenters. The summed E-state index contributed by atoms with van der Waals surface area (Å²) in [5.74, 6) is 1.96. The van der Waals surface area contributed by atoms with Gasteiger partial charge in [0, 0.05) is 24.9 Å². The van der Waals surface area contributed by atoms with Gasteiger partial charge in [0.1, 0.15) is 42.6 Å². The molecule has 2 heterocycles. The van der Waals surface area contributed by atoms with E-state index in [0.717, 1.165) is 90.1 Å². The molecular weight excluding hydrogens is 953 g/mol. The van der Waals surface area contributed by atoms with Crippen molar-refractivity contribution in [3.63, 3.8) is 0 Å².